The molecule has 0 spiro atoms. The van der Waals surface area contributed by atoms with Gasteiger partial charge in [-0.25, -0.2) is 8.78 Å². The van der Waals surface area contributed by atoms with E-state index in [9.17, 15) is 13.6 Å². The fraction of sp³-hybridized carbons (Fsp3) is 0.417. The topological polar surface area (TPSA) is 38.3 Å². The van der Waals surface area contributed by atoms with Crippen LogP contribution in [0.2, 0.25) is 0 Å². The van der Waals surface area contributed by atoms with Gasteiger partial charge in [0.25, 0.3) is 0 Å². The van der Waals surface area contributed by atoms with E-state index in [2.05, 4.69) is 10.1 Å². The van der Waals surface area contributed by atoms with Crippen LogP contribution in [0.5, 0.6) is 0 Å². The van der Waals surface area contributed by atoms with Crippen molar-refractivity contribution in [3.8, 4) is 0 Å². The third kappa shape index (κ3) is 3.78. The van der Waals surface area contributed by atoms with Gasteiger partial charge in [0, 0.05) is 6.04 Å². The summed E-state index contributed by atoms with van der Waals surface area (Å²) in [5.41, 5.74) is 0.524. The van der Waals surface area contributed by atoms with Crippen molar-refractivity contribution >= 4 is 5.97 Å². The molecule has 0 radical (unpaired) electrons. The van der Waals surface area contributed by atoms with Crippen LogP contribution in [-0.4, -0.2) is 19.6 Å². The van der Waals surface area contributed by atoms with Gasteiger partial charge in [0.05, 0.1) is 13.5 Å². The van der Waals surface area contributed by atoms with Crippen molar-refractivity contribution in [3.63, 3.8) is 0 Å². The Labute approximate surface area is 98.8 Å². The summed E-state index contributed by atoms with van der Waals surface area (Å²) in [4.78, 5) is 11.2. The number of esters is 1. The highest BCUT2D eigenvalue weighted by Gasteiger charge is 2.16. The van der Waals surface area contributed by atoms with Crippen molar-refractivity contribution < 1.29 is 18.3 Å². The second-order valence-electron chi connectivity index (χ2n) is 3.56. The number of rotatable bonds is 5. The number of nitrogens with one attached hydrogen (secondary N) is 1. The molecule has 94 valence electrons. The lowest BCUT2D eigenvalue weighted by molar-refractivity contribution is -0.141. The lowest BCUT2D eigenvalue weighted by Crippen LogP contribution is -2.24. The Balaban J connectivity index is 2.88. The maximum Gasteiger partial charge on any atom is 0.307 e. The molecule has 3 nitrogen and oxygen atoms in total. The van der Waals surface area contributed by atoms with E-state index >= 15 is 0 Å². The molecule has 0 heterocycles. The zero-order chi connectivity index (χ0) is 12.8. The molecule has 17 heavy (non-hydrogen) atoms. The van der Waals surface area contributed by atoms with Crippen molar-refractivity contribution in [1.29, 1.82) is 0 Å². The second kappa shape index (κ2) is 6.30. The van der Waals surface area contributed by atoms with Crippen LogP contribution < -0.4 is 5.32 Å². The highest BCUT2D eigenvalue weighted by molar-refractivity contribution is 5.70. The second-order valence-corrected chi connectivity index (χ2v) is 3.56. The van der Waals surface area contributed by atoms with Gasteiger partial charge in [-0.15, -0.1) is 0 Å². The monoisotopic (exact) mass is 243 g/mol. The molecule has 1 aromatic rings. The molecule has 1 rings (SSSR count). The number of hydrogen-bond acceptors (Lipinski definition) is 3. The smallest absolute Gasteiger partial charge is 0.307 e. The summed E-state index contributed by atoms with van der Waals surface area (Å²) in [6, 6.07) is 3.22. The van der Waals surface area contributed by atoms with E-state index in [4.69, 9.17) is 0 Å². The minimum atomic E-state index is -0.921. The van der Waals surface area contributed by atoms with Crippen molar-refractivity contribution in [2.45, 2.75) is 19.4 Å². The first kappa shape index (κ1) is 13.6. The summed E-state index contributed by atoms with van der Waals surface area (Å²) < 4.78 is 30.4. The van der Waals surface area contributed by atoms with Gasteiger partial charge >= 0.3 is 5.97 Å². The average molecular weight is 243 g/mol. The van der Waals surface area contributed by atoms with Crippen LogP contribution >= 0.6 is 0 Å². The Bertz CT molecular complexity index is 396. The fourth-order valence-corrected chi connectivity index (χ4v) is 1.53. The van der Waals surface area contributed by atoms with Gasteiger partial charge in [0.1, 0.15) is 0 Å². The Morgan fingerprint density at radius 2 is 2.12 bits per heavy atom. The van der Waals surface area contributed by atoms with Crippen LogP contribution in [0.25, 0.3) is 0 Å². The standard InChI is InChI=1S/C12H15F2NO2/c1-3-15-11(7-12(16)17-2)8-4-5-9(13)10(14)6-8/h4-6,11,15H,3,7H2,1-2H3. The Kier molecular flexibility index (Phi) is 5.03. The number of hydrogen-bond donors (Lipinski definition) is 1. The number of halogens is 2. The normalized spacial score (nSPS) is 12.2. The molecule has 0 bridgehead atoms. The summed E-state index contributed by atoms with van der Waals surface area (Å²) in [5.74, 6) is -2.22. The molecule has 0 amide bonds. The highest BCUT2D eigenvalue weighted by atomic mass is 19.2. The van der Waals surface area contributed by atoms with E-state index in [1.54, 1.807) is 0 Å². The number of methoxy groups -OCH3 is 1. The third-order valence-electron chi connectivity index (χ3n) is 2.40. The molecule has 0 aromatic heterocycles. The largest absolute Gasteiger partial charge is 0.469 e. The van der Waals surface area contributed by atoms with Crippen LogP contribution in [-0.2, 0) is 9.53 Å². The van der Waals surface area contributed by atoms with Gasteiger partial charge < -0.3 is 10.1 Å². The first-order chi connectivity index (χ1) is 8.08. The van der Waals surface area contributed by atoms with Gasteiger partial charge in [-0.05, 0) is 24.2 Å². The zero-order valence-corrected chi connectivity index (χ0v) is 9.80. The predicted octanol–water partition coefficient (Wildman–Crippen LogP) is 2.18. The summed E-state index contributed by atoms with van der Waals surface area (Å²) in [7, 11) is 1.29. The molecule has 1 unspecified atom stereocenters. The van der Waals surface area contributed by atoms with Gasteiger partial charge in [0.2, 0.25) is 0 Å². The average Bonchev–Trinajstić information content (AvgIpc) is 2.32. The summed E-state index contributed by atoms with van der Waals surface area (Å²) >= 11 is 0. The van der Waals surface area contributed by atoms with Crippen molar-refractivity contribution in [2.75, 3.05) is 13.7 Å². The molecular formula is C12H15F2NO2. The van der Waals surface area contributed by atoms with Gasteiger partial charge in [0.15, 0.2) is 11.6 Å². The van der Waals surface area contributed by atoms with Gasteiger partial charge in [-0.2, -0.15) is 0 Å². The Hall–Kier alpha value is -1.49. The van der Waals surface area contributed by atoms with Gasteiger partial charge in [-0.3, -0.25) is 4.79 Å². The molecule has 1 aromatic carbocycles. The maximum atomic E-state index is 13.1. The summed E-state index contributed by atoms with van der Waals surface area (Å²) in [6.45, 7) is 2.48. The molecule has 0 saturated heterocycles. The number of benzene rings is 1. The molecule has 5 heteroatoms. The quantitative estimate of drug-likeness (QED) is 0.805. The predicted molar refractivity (Wildman–Crippen MR) is 59.4 cm³/mol. The van der Waals surface area contributed by atoms with Crippen molar-refractivity contribution in [2.24, 2.45) is 0 Å². The van der Waals surface area contributed by atoms with E-state index in [0.29, 0.717) is 12.1 Å². The molecule has 0 aliphatic rings. The van der Waals surface area contributed by atoms with Crippen LogP contribution in [0.15, 0.2) is 18.2 Å². The first-order valence-electron chi connectivity index (χ1n) is 5.33. The van der Waals surface area contributed by atoms with Crippen LogP contribution in [0.1, 0.15) is 24.9 Å². The molecular weight excluding hydrogens is 228 g/mol. The third-order valence-corrected chi connectivity index (χ3v) is 2.40. The van der Waals surface area contributed by atoms with Crippen LogP contribution in [0, 0.1) is 11.6 Å². The van der Waals surface area contributed by atoms with E-state index < -0.39 is 17.6 Å². The molecule has 1 atom stereocenters. The number of carbonyl (C=O) groups excluding carboxylic acids is 1. The molecule has 0 fully saturated rings. The van der Waals surface area contributed by atoms with E-state index in [-0.39, 0.29) is 12.5 Å². The number of carbonyl (C=O) groups is 1. The molecule has 0 aliphatic carbocycles. The lowest BCUT2D eigenvalue weighted by Gasteiger charge is -2.17. The fourth-order valence-electron chi connectivity index (χ4n) is 1.53. The van der Waals surface area contributed by atoms with Crippen LogP contribution in [0.3, 0.4) is 0 Å². The first-order valence-corrected chi connectivity index (χ1v) is 5.33. The van der Waals surface area contributed by atoms with Crippen molar-refractivity contribution in [3.05, 3.63) is 35.4 Å². The molecule has 1 N–H and O–H groups in total. The van der Waals surface area contributed by atoms with E-state index in [1.807, 2.05) is 6.92 Å². The molecule has 0 saturated carbocycles. The minimum absolute atomic E-state index is 0.0788. The Morgan fingerprint density at radius 3 is 2.65 bits per heavy atom. The SMILES string of the molecule is CCNC(CC(=O)OC)c1ccc(F)c(F)c1. The summed E-state index contributed by atoms with van der Waals surface area (Å²) in [6.07, 6.45) is 0.0788. The zero-order valence-electron chi connectivity index (χ0n) is 9.80. The molecule has 0 aliphatic heterocycles. The number of ether oxygens (including phenoxy) is 1. The minimum Gasteiger partial charge on any atom is -0.469 e. The highest BCUT2D eigenvalue weighted by Crippen LogP contribution is 2.19. The van der Waals surface area contributed by atoms with E-state index in [1.165, 1.54) is 13.2 Å². The lowest BCUT2D eigenvalue weighted by atomic mass is 10.0. The maximum absolute atomic E-state index is 13.1. The summed E-state index contributed by atoms with van der Waals surface area (Å²) in [5, 5.41) is 3.02. The van der Waals surface area contributed by atoms with Crippen molar-refractivity contribution in [1.82, 2.24) is 5.32 Å². The van der Waals surface area contributed by atoms with Gasteiger partial charge in [-0.1, -0.05) is 13.0 Å². The Morgan fingerprint density at radius 1 is 1.41 bits per heavy atom. The van der Waals surface area contributed by atoms with Crippen LogP contribution in [0.4, 0.5) is 8.78 Å². The van der Waals surface area contributed by atoms with E-state index in [0.717, 1.165) is 12.1 Å².